The van der Waals surface area contributed by atoms with Crippen LogP contribution in [-0.2, 0) is 0 Å². The molecule has 1 N–H and O–H groups in total. The van der Waals surface area contributed by atoms with Crippen molar-refractivity contribution in [1.82, 2.24) is 5.32 Å². The van der Waals surface area contributed by atoms with Gasteiger partial charge in [-0.1, -0.05) is 60.6 Å². The van der Waals surface area contributed by atoms with Crippen LogP contribution in [0, 0.1) is 57.7 Å². The quantitative estimate of drug-likeness (QED) is 0.604. The van der Waals surface area contributed by atoms with Gasteiger partial charge in [0.15, 0.2) is 0 Å². The molecule has 2 bridgehead atoms. The molecular formula is C24H41N. The van der Waals surface area contributed by atoms with Gasteiger partial charge in [0.05, 0.1) is 0 Å². The number of nitrogens with one attached hydrogen (secondary N) is 1. The van der Waals surface area contributed by atoms with E-state index in [1.54, 1.807) is 0 Å². The van der Waals surface area contributed by atoms with Crippen molar-refractivity contribution in [3.8, 4) is 0 Å². The second-order valence-electron chi connectivity index (χ2n) is 11.6. The SMILES string of the molecule is CNC(CCC1C2C(C)C(C)(C)C1(C)C2C1CC1(C)C)C1C=CC1C. The minimum Gasteiger partial charge on any atom is -0.316 e. The standard InChI is InChI=1S/C24H41N/c1-14-9-10-16(14)19(25-8)12-11-17-20-15(2)23(5,6)24(17,7)21(20)18-13-22(18,3)4/h9-10,14-21,25H,11-13H2,1-8H3. The lowest BCUT2D eigenvalue weighted by atomic mass is 9.46. The van der Waals surface area contributed by atoms with Crippen LogP contribution < -0.4 is 5.32 Å². The fourth-order valence-electron chi connectivity index (χ4n) is 7.87. The number of hydrogen-bond acceptors (Lipinski definition) is 1. The predicted octanol–water partition coefficient (Wildman–Crippen LogP) is 5.77. The molecule has 0 aromatic carbocycles. The van der Waals surface area contributed by atoms with E-state index in [0.717, 1.165) is 41.4 Å². The molecule has 9 unspecified atom stereocenters. The molecule has 9 atom stereocenters. The summed E-state index contributed by atoms with van der Waals surface area (Å²) in [5.74, 6) is 6.35. The average molecular weight is 344 g/mol. The maximum atomic E-state index is 3.64. The largest absolute Gasteiger partial charge is 0.316 e. The Balaban J connectivity index is 1.49. The lowest BCUT2D eigenvalue weighted by molar-refractivity contribution is -0.108. The van der Waals surface area contributed by atoms with E-state index in [4.69, 9.17) is 0 Å². The molecule has 5 aliphatic carbocycles. The van der Waals surface area contributed by atoms with Gasteiger partial charge in [-0.2, -0.15) is 0 Å². The van der Waals surface area contributed by atoms with Crippen LogP contribution in [0.3, 0.4) is 0 Å². The second-order valence-corrected chi connectivity index (χ2v) is 11.6. The third-order valence-corrected chi connectivity index (χ3v) is 10.3. The molecule has 0 spiro atoms. The highest BCUT2D eigenvalue weighted by Crippen LogP contribution is 2.83. The number of rotatable bonds is 6. The Morgan fingerprint density at radius 3 is 2.08 bits per heavy atom. The zero-order chi connectivity index (χ0) is 18.4. The van der Waals surface area contributed by atoms with E-state index < -0.39 is 0 Å². The van der Waals surface area contributed by atoms with Crippen molar-refractivity contribution in [1.29, 1.82) is 0 Å². The number of fused-ring (bicyclic) bond motifs is 1. The molecule has 4 saturated carbocycles. The molecule has 1 heteroatoms. The van der Waals surface area contributed by atoms with Crippen LogP contribution >= 0.6 is 0 Å². The average Bonchev–Trinajstić information content (AvgIpc) is 3.06. The van der Waals surface area contributed by atoms with Gasteiger partial charge in [0.1, 0.15) is 0 Å². The molecule has 0 saturated heterocycles. The lowest BCUT2D eigenvalue weighted by Crippen LogP contribution is -2.54. The van der Waals surface area contributed by atoms with E-state index in [2.05, 4.69) is 73.0 Å². The third-order valence-electron chi connectivity index (χ3n) is 10.3. The van der Waals surface area contributed by atoms with Crippen LogP contribution in [0.25, 0.3) is 0 Å². The number of allylic oxidation sites excluding steroid dienone is 1. The highest BCUT2D eigenvalue weighted by Gasteiger charge is 2.78. The van der Waals surface area contributed by atoms with Crippen LogP contribution in [0.4, 0.5) is 0 Å². The summed E-state index contributed by atoms with van der Waals surface area (Å²) >= 11 is 0. The first-order valence-corrected chi connectivity index (χ1v) is 10.9. The summed E-state index contributed by atoms with van der Waals surface area (Å²) in [6, 6.07) is 0.679. The highest BCUT2D eigenvalue weighted by atomic mass is 14.9. The second kappa shape index (κ2) is 5.37. The Morgan fingerprint density at radius 1 is 1.08 bits per heavy atom. The van der Waals surface area contributed by atoms with Gasteiger partial charge in [-0.05, 0) is 84.0 Å². The minimum absolute atomic E-state index is 0.504. The summed E-state index contributed by atoms with van der Waals surface area (Å²) < 4.78 is 0. The lowest BCUT2D eigenvalue weighted by Gasteiger charge is -2.58. The Morgan fingerprint density at radius 2 is 1.72 bits per heavy atom. The summed E-state index contributed by atoms with van der Waals surface area (Å²) in [6.45, 7) is 17.8. The van der Waals surface area contributed by atoms with E-state index >= 15 is 0 Å². The maximum absolute atomic E-state index is 3.64. The Bertz CT molecular complexity index is 573. The normalized spacial score (nSPS) is 52.4. The molecule has 1 nitrogen and oxygen atoms in total. The van der Waals surface area contributed by atoms with Crippen molar-refractivity contribution < 1.29 is 0 Å². The Kier molecular flexibility index (Phi) is 3.88. The summed E-state index contributed by atoms with van der Waals surface area (Å²) in [6.07, 6.45) is 9.07. The molecule has 4 fully saturated rings. The van der Waals surface area contributed by atoms with Crippen LogP contribution in [0.5, 0.6) is 0 Å². The molecule has 142 valence electrons. The minimum atomic E-state index is 0.504. The van der Waals surface area contributed by atoms with Gasteiger partial charge in [0.2, 0.25) is 0 Å². The Labute approximate surface area is 156 Å². The fraction of sp³-hybridized carbons (Fsp3) is 0.917. The smallest absolute Gasteiger partial charge is 0.0132 e. The van der Waals surface area contributed by atoms with Gasteiger partial charge in [-0.25, -0.2) is 0 Å². The molecule has 25 heavy (non-hydrogen) atoms. The summed E-state index contributed by atoms with van der Waals surface area (Å²) in [5.41, 5.74) is 1.69. The molecule has 5 aliphatic rings. The first kappa shape index (κ1) is 18.1. The van der Waals surface area contributed by atoms with Crippen LogP contribution in [0.2, 0.25) is 0 Å². The van der Waals surface area contributed by atoms with Crippen molar-refractivity contribution in [2.45, 2.75) is 73.8 Å². The van der Waals surface area contributed by atoms with Gasteiger partial charge in [0.25, 0.3) is 0 Å². The summed E-state index contributed by atoms with van der Waals surface area (Å²) in [7, 11) is 2.17. The van der Waals surface area contributed by atoms with Gasteiger partial charge in [-0.3, -0.25) is 0 Å². The fourth-order valence-corrected chi connectivity index (χ4v) is 7.87. The van der Waals surface area contributed by atoms with Crippen molar-refractivity contribution in [2.24, 2.45) is 57.7 Å². The molecular weight excluding hydrogens is 302 g/mol. The number of hydrogen-bond donors (Lipinski definition) is 1. The molecule has 0 heterocycles. The molecule has 5 rings (SSSR count). The van der Waals surface area contributed by atoms with Crippen LogP contribution in [0.1, 0.15) is 67.7 Å². The van der Waals surface area contributed by atoms with Gasteiger partial charge >= 0.3 is 0 Å². The summed E-state index contributed by atoms with van der Waals surface area (Å²) in [4.78, 5) is 0. The van der Waals surface area contributed by atoms with Crippen molar-refractivity contribution in [3.63, 3.8) is 0 Å². The van der Waals surface area contributed by atoms with Gasteiger partial charge in [0, 0.05) is 6.04 Å². The van der Waals surface area contributed by atoms with Gasteiger partial charge in [-0.15, -0.1) is 0 Å². The Hall–Kier alpha value is -0.300. The molecule has 0 aromatic heterocycles. The monoisotopic (exact) mass is 343 g/mol. The molecule has 0 aromatic rings. The van der Waals surface area contributed by atoms with E-state index in [-0.39, 0.29) is 0 Å². The van der Waals surface area contributed by atoms with E-state index in [1.807, 2.05) is 0 Å². The molecule has 0 aliphatic heterocycles. The maximum Gasteiger partial charge on any atom is 0.0132 e. The topological polar surface area (TPSA) is 12.0 Å². The van der Waals surface area contributed by atoms with Crippen molar-refractivity contribution in [2.75, 3.05) is 7.05 Å². The predicted molar refractivity (Wildman–Crippen MR) is 107 cm³/mol. The summed E-state index contributed by atoms with van der Waals surface area (Å²) in [5, 5.41) is 3.64. The van der Waals surface area contributed by atoms with Crippen molar-refractivity contribution >= 4 is 0 Å². The van der Waals surface area contributed by atoms with E-state index in [9.17, 15) is 0 Å². The zero-order valence-corrected chi connectivity index (χ0v) is 17.9. The van der Waals surface area contributed by atoms with Crippen molar-refractivity contribution in [3.05, 3.63) is 12.2 Å². The van der Waals surface area contributed by atoms with E-state index in [0.29, 0.717) is 22.3 Å². The van der Waals surface area contributed by atoms with Crippen LogP contribution in [0.15, 0.2) is 12.2 Å². The molecule has 0 amide bonds. The first-order valence-electron chi connectivity index (χ1n) is 10.9. The zero-order valence-electron chi connectivity index (χ0n) is 17.9. The third kappa shape index (κ3) is 2.17. The molecule has 0 radical (unpaired) electrons. The highest BCUT2D eigenvalue weighted by molar-refractivity contribution is 5.26. The van der Waals surface area contributed by atoms with Crippen LogP contribution in [-0.4, -0.2) is 13.1 Å². The van der Waals surface area contributed by atoms with E-state index in [1.165, 1.54) is 19.3 Å². The van der Waals surface area contributed by atoms with Gasteiger partial charge < -0.3 is 5.32 Å². The first-order chi connectivity index (χ1) is 11.6.